The highest BCUT2D eigenvalue weighted by Crippen LogP contribution is 2.47. The summed E-state index contributed by atoms with van der Waals surface area (Å²) in [6.45, 7) is 6.38. The number of fused-ring (bicyclic) bond motifs is 2. The zero-order chi connectivity index (χ0) is 33.2. The van der Waals surface area contributed by atoms with Crippen LogP contribution >= 0.6 is 0 Å². The molecule has 4 N–H and O–H groups in total. The van der Waals surface area contributed by atoms with Gasteiger partial charge in [-0.1, -0.05) is 12.1 Å². The molecule has 46 heavy (non-hydrogen) atoms. The highest BCUT2D eigenvalue weighted by Gasteiger charge is 2.45. The molecule has 12 nitrogen and oxygen atoms in total. The van der Waals surface area contributed by atoms with Crippen LogP contribution in [0.25, 0.3) is 0 Å². The number of nitriles is 1. The van der Waals surface area contributed by atoms with Gasteiger partial charge in [-0.3, -0.25) is 19.4 Å². The van der Waals surface area contributed by atoms with Crippen molar-refractivity contribution in [3.63, 3.8) is 0 Å². The molecule has 0 radical (unpaired) electrons. The number of hydrogen-bond donors (Lipinski definition) is 4. The van der Waals surface area contributed by atoms with E-state index in [2.05, 4.69) is 27.0 Å². The second kappa shape index (κ2) is 13.3. The second-order valence-corrected chi connectivity index (χ2v) is 12.5. The lowest BCUT2D eigenvalue weighted by Crippen LogP contribution is -2.45. The minimum atomic E-state index is -1.01. The molecule has 3 amide bonds. The number of hydrogen-bond acceptors (Lipinski definition) is 7. The average molecular weight is 627 g/mol. The highest BCUT2D eigenvalue weighted by atomic mass is 16.2. The van der Waals surface area contributed by atoms with Gasteiger partial charge in [0, 0.05) is 37.8 Å². The maximum Gasteiger partial charge on any atom is 0.343 e. The van der Waals surface area contributed by atoms with E-state index in [9.17, 15) is 24.4 Å². The second-order valence-electron chi connectivity index (χ2n) is 12.5. The first-order chi connectivity index (χ1) is 22.0. The number of nitrogens with zero attached hydrogens (tertiary/aromatic N) is 4. The number of aromatic nitrogens is 3. The van der Waals surface area contributed by atoms with Crippen LogP contribution in [0.3, 0.4) is 0 Å². The number of carbonyl (C=O) groups excluding carboxylic acids is 3. The molecule has 2 aliphatic rings. The Labute approximate surface area is 268 Å². The van der Waals surface area contributed by atoms with Crippen LogP contribution in [0.15, 0.2) is 41.2 Å². The third-order valence-corrected chi connectivity index (χ3v) is 9.24. The third-order valence-electron chi connectivity index (χ3n) is 9.24. The van der Waals surface area contributed by atoms with E-state index in [-0.39, 0.29) is 42.0 Å². The summed E-state index contributed by atoms with van der Waals surface area (Å²) in [4.78, 5) is 56.6. The van der Waals surface area contributed by atoms with Crippen LogP contribution in [0.1, 0.15) is 94.9 Å². The van der Waals surface area contributed by atoms with Crippen LogP contribution in [0, 0.1) is 11.3 Å². The normalized spacial score (nSPS) is 17.4. The number of likely N-dealkylation sites (tertiary alicyclic amines) is 1. The summed E-state index contributed by atoms with van der Waals surface area (Å²) in [5, 5.41) is 23.2. The van der Waals surface area contributed by atoms with E-state index in [1.165, 1.54) is 4.68 Å². The molecule has 1 aliphatic heterocycles. The maximum atomic E-state index is 13.3. The molecule has 0 spiro atoms. The van der Waals surface area contributed by atoms with E-state index in [4.69, 9.17) is 5.10 Å². The molecule has 2 aromatic carbocycles. The molecule has 12 heteroatoms. The van der Waals surface area contributed by atoms with Gasteiger partial charge in [0.1, 0.15) is 11.9 Å². The number of H-pyrrole nitrogens is 1. The van der Waals surface area contributed by atoms with Crippen LogP contribution in [-0.4, -0.2) is 76.7 Å². The summed E-state index contributed by atoms with van der Waals surface area (Å²) >= 11 is 0. The van der Waals surface area contributed by atoms with Crippen LogP contribution < -0.4 is 21.6 Å². The number of nitrogens with one attached hydrogen (secondary N) is 4. The Balaban J connectivity index is 1.68. The van der Waals surface area contributed by atoms with E-state index in [0.717, 1.165) is 28.7 Å². The molecule has 1 fully saturated rings. The standard InChI is InChI=1S/C34H42N8O4/c1-20(2)42-33(46)39-32(40-42)34(17-21(3)38-19-29(43)41-14-6-7-26(41)18-35)27-12-10-24(30(44)36-4)15-22(27)8-9-23-16-25(31(45)37-5)11-13-28(23)34/h10-13,15-16,20-21,26,38H,6-9,14,17,19H2,1-5H3,(H,36,44)(H,37,45)(H,39,40,46)/t21-,26?/m0/s1. The SMILES string of the molecule is CNC(=O)c1ccc2c(c1)CCc1cc(C(=O)NC)ccc1C2(C[C@H](C)NCC(=O)N1CCCC1C#N)c1nn(C(C)C)c(=O)[nH]1. The van der Waals surface area contributed by atoms with Crippen molar-refractivity contribution in [2.45, 2.75) is 76.4 Å². The average Bonchev–Trinajstić information content (AvgIpc) is 3.68. The molecule has 5 rings (SSSR count). The van der Waals surface area contributed by atoms with Gasteiger partial charge in [-0.25, -0.2) is 9.48 Å². The van der Waals surface area contributed by atoms with E-state index in [1.54, 1.807) is 31.1 Å². The Hall–Kier alpha value is -4.76. The molecule has 1 aliphatic carbocycles. The molecule has 1 saturated heterocycles. The van der Waals surface area contributed by atoms with Gasteiger partial charge < -0.3 is 20.9 Å². The molecule has 2 heterocycles. The van der Waals surface area contributed by atoms with Crippen molar-refractivity contribution >= 4 is 17.7 Å². The zero-order valence-corrected chi connectivity index (χ0v) is 27.1. The summed E-state index contributed by atoms with van der Waals surface area (Å²) in [6.07, 6.45) is 3.05. The summed E-state index contributed by atoms with van der Waals surface area (Å²) in [5.74, 6) is -0.101. The number of amides is 3. The summed E-state index contributed by atoms with van der Waals surface area (Å²) in [7, 11) is 3.18. The lowest BCUT2D eigenvalue weighted by Gasteiger charge is -2.37. The van der Waals surface area contributed by atoms with E-state index < -0.39 is 11.5 Å². The lowest BCUT2D eigenvalue weighted by atomic mass is 9.67. The van der Waals surface area contributed by atoms with Gasteiger partial charge in [-0.05, 0) is 99.4 Å². The molecular formula is C34H42N8O4. The lowest BCUT2D eigenvalue weighted by molar-refractivity contribution is -0.130. The molecule has 1 aromatic heterocycles. The van der Waals surface area contributed by atoms with Crippen molar-refractivity contribution in [3.8, 4) is 6.07 Å². The number of rotatable bonds is 9. The topological polar surface area (TPSA) is 165 Å². The van der Waals surface area contributed by atoms with Crippen molar-refractivity contribution in [1.29, 1.82) is 5.26 Å². The Bertz CT molecular complexity index is 1680. The van der Waals surface area contributed by atoms with Gasteiger partial charge in [-0.2, -0.15) is 10.4 Å². The fourth-order valence-electron chi connectivity index (χ4n) is 6.96. The Kier molecular flexibility index (Phi) is 9.44. The molecular weight excluding hydrogens is 584 g/mol. The van der Waals surface area contributed by atoms with Crippen LogP contribution in [0.5, 0.6) is 0 Å². The molecule has 2 atom stereocenters. The summed E-state index contributed by atoms with van der Waals surface area (Å²) < 4.78 is 1.43. The minimum Gasteiger partial charge on any atom is -0.355 e. The monoisotopic (exact) mass is 626 g/mol. The van der Waals surface area contributed by atoms with Crippen molar-refractivity contribution in [2.24, 2.45) is 0 Å². The zero-order valence-electron chi connectivity index (χ0n) is 27.1. The quantitative estimate of drug-likeness (QED) is 0.283. The van der Waals surface area contributed by atoms with Crippen molar-refractivity contribution in [3.05, 3.63) is 86.1 Å². The Morgan fingerprint density at radius 1 is 1.02 bits per heavy atom. The van der Waals surface area contributed by atoms with Gasteiger partial charge >= 0.3 is 5.69 Å². The molecule has 0 saturated carbocycles. The van der Waals surface area contributed by atoms with E-state index in [0.29, 0.717) is 49.2 Å². The van der Waals surface area contributed by atoms with Gasteiger partial charge in [0.25, 0.3) is 11.8 Å². The first kappa shape index (κ1) is 32.6. The van der Waals surface area contributed by atoms with E-state index >= 15 is 0 Å². The van der Waals surface area contributed by atoms with Gasteiger partial charge in [0.15, 0.2) is 0 Å². The number of carbonyl (C=O) groups is 3. The maximum absolute atomic E-state index is 13.3. The predicted octanol–water partition coefficient (Wildman–Crippen LogP) is 2.19. The fourth-order valence-corrected chi connectivity index (χ4v) is 6.96. The smallest absolute Gasteiger partial charge is 0.343 e. The summed E-state index contributed by atoms with van der Waals surface area (Å²) in [5.41, 5.74) is 3.31. The van der Waals surface area contributed by atoms with Crippen LogP contribution in [-0.2, 0) is 23.1 Å². The van der Waals surface area contributed by atoms with Gasteiger partial charge in [0.05, 0.1) is 24.1 Å². The van der Waals surface area contributed by atoms with Crippen molar-refractivity contribution in [2.75, 3.05) is 27.2 Å². The predicted molar refractivity (Wildman–Crippen MR) is 173 cm³/mol. The van der Waals surface area contributed by atoms with Crippen LogP contribution in [0.2, 0.25) is 0 Å². The Morgan fingerprint density at radius 3 is 2.11 bits per heavy atom. The van der Waals surface area contributed by atoms with Crippen molar-refractivity contribution < 1.29 is 14.4 Å². The highest BCUT2D eigenvalue weighted by molar-refractivity contribution is 5.95. The van der Waals surface area contributed by atoms with E-state index in [1.807, 2.05) is 45.0 Å². The number of benzene rings is 2. The molecule has 1 unspecified atom stereocenters. The molecule has 3 aromatic rings. The van der Waals surface area contributed by atoms with Crippen LogP contribution in [0.4, 0.5) is 0 Å². The Morgan fingerprint density at radius 2 is 1.61 bits per heavy atom. The largest absolute Gasteiger partial charge is 0.355 e. The van der Waals surface area contributed by atoms with Gasteiger partial charge in [0.2, 0.25) is 5.91 Å². The molecule has 0 bridgehead atoms. The minimum absolute atomic E-state index is 0.0529. The first-order valence-electron chi connectivity index (χ1n) is 15.9. The molecule has 242 valence electrons. The van der Waals surface area contributed by atoms with Gasteiger partial charge in [-0.15, -0.1) is 0 Å². The van der Waals surface area contributed by atoms with Crippen molar-refractivity contribution in [1.82, 2.24) is 35.6 Å². The number of aryl methyl sites for hydroxylation is 2. The third kappa shape index (κ3) is 5.95. The first-order valence-corrected chi connectivity index (χ1v) is 15.9. The summed E-state index contributed by atoms with van der Waals surface area (Å²) in [6, 6.07) is 12.6. The number of aromatic amines is 1. The fraction of sp³-hybridized carbons (Fsp3) is 0.471.